The van der Waals surface area contributed by atoms with Crippen molar-refractivity contribution in [3.8, 4) is 0 Å². The van der Waals surface area contributed by atoms with E-state index >= 15 is 0 Å². The molecule has 0 unspecified atom stereocenters. The Morgan fingerprint density at radius 1 is 0.745 bits per heavy atom. The van der Waals surface area contributed by atoms with Gasteiger partial charge in [-0.1, -0.05) is 60.7 Å². The average Bonchev–Trinajstić information content (AvgIpc) is 3.41. The lowest BCUT2D eigenvalue weighted by atomic mass is 10.1. The number of para-hydroxylation sites is 1. The standard InChI is InChI=1S/C38H31FN4O3S/c1-2-43-34-18-9-7-16-30(34)31-23-28(19-20-35(31)43)40-36(44)24-47-29-15-10-14-27(22-29)41-38(46)33(21-26-13-6-8-17-32(26)39)42-37(45)25-11-4-3-5-12-25/h3-23H,2,24H2,1H3,(H,40,44)(H,41,46)(H,42,45)/b33-21-. The number of hydrogen-bond donors (Lipinski definition) is 3. The Morgan fingerprint density at radius 2 is 1.47 bits per heavy atom. The van der Waals surface area contributed by atoms with E-state index in [2.05, 4.69) is 39.6 Å². The molecule has 0 saturated carbocycles. The number of fused-ring (bicyclic) bond motifs is 3. The van der Waals surface area contributed by atoms with E-state index in [0.717, 1.165) is 38.9 Å². The van der Waals surface area contributed by atoms with Gasteiger partial charge < -0.3 is 20.5 Å². The third-order valence-electron chi connectivity index (χ3n) is 7.57. The predicted octanol–water partition coefficient (Wildman–Crippen LogP) is 8.09. The smallest absolute Gasteiger partial charge is 0.272 e. The number of aromatic nitrogens is 1. The van der Waals surface area contributed by atoms with Gasteiger partial charge >= 0.3 is 0 Å². The van der Waals surface area contributed by atoms with Crippen molar-refractivity contribution in [3.05, 3.63) is 144 Å². The second-order valence-corrected chi connectivity index (χ2v) is 11.8. The number of aryl methyl sites for hydroxylation is 1. The van der Waals surface area contributed by atoms with Crippen LogP contribution in [0.1, 0.15) is 22.8 Å². The van der Waals surface area contributed by atoms with Gasteiger partial charge in [0.2, 0.25) is 5.91 Å². The predicted molar refractivity (Wildman–Crippen MR) is 188 cm³/mol. The van der Waals surface area contributed by atoms with Gasteiger partial charge in [-0.25, -0.2) is 4.39 Å². The Kier molecular flexibility index (Phi) is 9.45. The van der Waals surface area contributed by atoms with Crippen LogP contribution in [-0.4, -0.2) is 28.0 Å². The minimum atomic E-state index is -0.628. The number of anilines is 2. The van der Waals surface area contributed by atoms with E-state index in [1.807, 2.05) is 36.4 Å². The third-order valence-corrected chi connectivity index (χ3v) is 8.56. The molecule has 0 bridgehead atoms. The topological polar surface area (TPSA) is 92.2 Å². The van der Waals surface area contributed by atoms with Gasteiger partial charge in [0, 0.05) is 55.7 Å². The highest BCUT2D eigenvalue weighted by Crippen LogP contribution is 2.31. The molecule has 3 N–H and O–H groups in total. The molecule has 0 fully saturated rings. The zero-order chi connectivity index (χ0) is 32.8. The Morgan fingerprint density at radius 3 is 2.28 bits per heavy atom. The average molecular weight is 643 g/mol. The van der Waals surface area contributed by atoms with Gasteiger partial charge in [0.1, 0.15) is 11.5 Å². The van der Waals surface area contributed by atoms with Crippen LogP contribution in [0.5, 0.6) is 0 Å². The Labute approximate surface area is 275 Å². The lowest BCUT2D eigenvalue weighted by molar-refractivity contribution is -0.114. The van der Waals surface area contributed by atoms with Gasteiger partial charge in [-0.15, -0.1) is 11.8 Å². The van der Waals surface area contributed by atoms with Gasteiger partial charge in [-0.2, -0.15) is 0 Å². The second-order valence-electron chi connectivity index (χ2n) is 10.7. The number of amides is 3. The molecule has 6 aromatic rings. The van der Waals surface area contributed by atoms with Crippen LogP contribution >= 0.6 is 11.8 Å². The van der Waals surface area contributed by atoms with Crippen molar-refractivity contribution in [1.29, 1.82) is 0 Å². The summed E-state index contributed by atoms with van der Waals surface area (Å²) in [5.41, 5.74) is 3.82. The van der Waals surface area contributed by atoms with Crippen LogP contribution in [0, 0.1) is 5.82 Å². The van der Waals surface area contributed by atoms with Crippen LogP contribution in [0.25, 0.3) is 27.9 Å². The molecule has 0 aliphatic carbocycles. The summed E-state index contributed by atoms with van der Waals surface area (Å²) in [4.78, 5) is 40.0. The molecule has 0 aliphatic heterocycles. The highest BCUT2D eigenvalue weighted by Gasteiger charge is 2.17. The largest absolute Gasteiger partial charge is 0.341 e. The van der Waals surface area contributed by atoms with Crippen LogP contribution in [0.3, 0.4) is 0 Å². The molecule has 0 spiro atoms. The number of halogens is 1. The van der Waals surface area contributed by atoms with Crippen molar-refractivity contribution < 1.29 is 18.8 Å². The molecule has 0 saturated heterocycles. The summed E-state index contributed by atoms with van der Waals surface area (Å²) in [7, 11) is 0. The van der Waals surface area contributed by atoms with Gasteiger partial charge in [0.25, 0.3) is 11.8 Å². The zero-order valence-electron chi connectivity index (χ0n) is 25.5. The third kappa shape index (κ3) is 7.26. The summed E-state index contributed by atoms with van der Waals surface area (Å²) in [5, 5.41) is 10.6. The maximum absolute atomic E-state index is 14.5. The van der Waals surface area contributed by atoms with E-state index in [0.29, 0.717) is 11.3 Å². The van der Waals surface area contributed by atoms with E-state index < -0.39 is 17.6 Å². The van der Waals surface area contributed by atoms with E-state index in [-0.39, 0.29) is 22.9 Å². The summed E-state index contributed by atoms with van der Waals surface area (Å²) in [6, 6.07) is 35.6. The number of nitrogens with zero attached hydrogens (tertiary/aromatic N) is 1. The normalized spacial score (nSPS) is 11.4. The van der Waals surface area contributed by atoms with Crippen molar-refractivity contribution in [3.63, 3.8) is 0 Å². The molecular weight excluding hydrogens is 612 g/mol. The van der Waals surface area contributed by atoms with Gasteiger partial charge in [-0.05, 0) is 73.7 Å². The Bertz CT molecular complexity index is 2140. The van der Waals surface area contributed by atoms with Crippen molar-refractivity contribution in [1.82, 2.24) is 9.88 Å². The Balaban J connectivity index is 1.13. The Hall–Kier alpha value is -5.67. The number of nitrogens with one attached hydrogen (secondary N) is 3. The van der Waals surface area contributed by atoms with Crippen LogP contribution < -0.4 is 16.0 Å². The van der Waals surface area contributed by atoms with Crippen molar-refractivity contribution in [2.45, 2.75) is 18.4 Å². The lowest BCUT2D eigenvalue weighted by Crippen LogP contribution is -2.30. The fourth-order valence-electron chi connectivity index (χ4n) is 5.37. The number of carbonyl (C=O) groups excluding carboxylic acids is 3. The minimum Gasteiger partial charge on any atom is -0.341 e. The second kappa shape index (κ2) is 14.2. The summed E-state index contributed by atoms with van der Waals surface area (Å²) < 4.78 is 16.7. The molecule has 234 valence electrons. The summed E-state index contributed by atoms with van der Waals surface area (Å²) in [6.07, 6.45) is 1.30. The lowest BCUT2D eigenvalue weighted by Gasteiger charge is -2.12. The number of carbonyl (C=O) groups is 3. The molecule has 1 heterocycles. The SMILES string of the molecule is CCn1c2ccccc2c2cc(NC(=O)CSc3cccc(NC(=O)/C(=C/c4ccccc4F)NC(=O)c4ccccc4)c3)ccc21. The number of rotatable bonds is 10. The molecule has 0 aliphatic rings. The maximum atomic E-state index is 14.5. The van der Waals surface area contributed by atoms with Crippen LogP contribution in [0.4, 0.5) is 15.8 Å². The zero-order valence-corrected chi connectivity index (χ0v) is 26.3. The first-order chi connectivity index (χ1) is 22.9. The van der Waals surface area contributed by atoms with E-state index in [1.54, 1.807) is 60.7 Å². The highest BCUT2D eigenvalue weighted by molar-refractivity contribution is 8.00. The number of thioether (sulfide) groups is 1. The first kappa shape index (κ1) is 31.3. The minimum absolute atomic E-state index is 0.125. The van der Waals surface area contributed by atoms with Crippen LogP contribution in [0.15, 0.2) is 132 Å². The summed E-state index contributed by atoms with van der Waals surface area (Å²) in [6.45, 7) is 2.96. The molecule has 0 atom stereocenters. The van der Waals surface area contributed by atoms with Crippen LogP contribution in [-0.2, 0) is 16.1 Å². The fourth-order valence-corrected chi connectivity index (χ4v) is 6.13. The van der Waals surface area contributed by atoms with Crippen molar-refractivity contribution >= 4 is 68.7 Å². The number of hydrogen-bond acceptors (Lipinski definition) is 4. The van der Waals surface area contributed by atoms with Gasteiger partial charge in [-0.3, -0.25) is 14.4 Å². The molecule has 5 aromatic carbocycles. The molecule has 6 rings (SSSR count). The molecule has 47 heavy (non-hydrogen) atoms. The quantitative estimate of drug-likeness (QED) is 0.104. The monoisotopic (exact) mass is 642 g/mol. The number of benzene rings is 5. The summed E-state index contributed by atoms with van der Waals surface area (Å²) in [5.74, 6) is -1.68. The molecule has 9 heteroatoms. The van der Waals surface area contributed by atoms with E-state index in [1.165, 1.54) is 30.0 Å². The van der Waals surface area contributed by atoms with Gasteiger partial charge in [0.15, 0.2) is 0 Å². The summed E-state index contributed by atoms with van der Waals surface area (Å²) >= 11 is 1.32. The molecule has 7 nitrogen and oxygen atoms in total. The first-order valence-electron chi connectivity index (χ1n) is 15.1. The molecular formula is C38H31FN4O3S. The fraction of sp³-hybridized carbons (Fsp3) is 0.0789. The van der Waals surface area contributed by atoms with Crippen molar-refractivity contribution in [2.24, 2.45) is 0 Å². The van der Waals surface area contributed by atoms with E-state index in [4.69, 9.17) is 0 Å². The first-order valence-corrected chi connectivity index (χ1v) is 16.1. The highest BCUT2D eigenvalue weighted by atomic mass is 32.2. The molecule has 0 radical (unpaired) electrons. The van der Waals surface area contributed by atoms with Gasteiger partial charge in [0.05, 0.1) is 5.75 Å². The maximum Gasteiger partial charge on any atom is 0.272 e. The van der Waals surface area contributed by atoms with E-state index in [9.17, 15) is 18.8 Å². The molecule has 1 aromatic heterocycles. The van der Waals surface area contributed by atoms with Crippen molar-refractivity contribution in [2.75, 3.05) is 16.4 Å². The molecule has 3 amide bonds. The van der Waals surface area contributed by atoms with Crippen LogP contribution in [0.2, 0.25) is 0 Å².